The minimum atomic E-state index is 0.118. The molecule has 1 N–H and O–H groups in total. The van der Waals surface area contributed by atoms with Crippen LogP contribution in [-0.2, 0) is 0 Å². The summed E-state index contributed by atoms with van der Waals surface area (Å²) in [5.41, 5.74) is 0.987. The first-order valence-electron chi connectivity index (χ1n) is 6.16. The van der Waals surface area contributed by atoms with Crippen LogP contribution in [0.5, 0.6) is 0 Å². The Balaban J connectivity index is 1.85. The molecule has 0 bridgehead atoms. The lowest BCUT2D eigenvalue weighted by Crippen LogP contribution is -2.17. The smallest absolute Gasteiger partial charge is 0.223 e. The number of aromatic nitrogens is 4. The van der Waals surface area contributed by atoms with Crippen LogP contribution in [0, 0.1) is 12.8 Å². The molecule has 2 aromatic rings. The van der Waals surface area contributed by atoms with Crippen LogP contribution in [-0.4, -0.2) is 19.9 Å². The highest BCUT2D eigenvalue weighted by molar-refractivity contribution is 5.28. The molecular formula is C13H15N5. The van der Waals surface area contributed by atoms with Gasteiger partial charge in [-0.2, -0.15) is 0 Å². The summed E-state index contributed by atoms with van der Waals surface area (Å²) in [7, 11) is 0. The fourth-order valence-electron chi connectivity index (χ4n) is 1.95. The zero-order valence-corrected chi connectivity index (χ0v) is 10.2. The summed E-state index contributed by atoms with van der Waals surface area (Å²) in [6.07, 6.45) is 7.69. The van der Waals surface area contributed by atoms with Crippen molar-refractivity contribution >= 4 is 5.95 Å². The summed E-state index contributed by atoms with van der Waals surface area (Å²) in [5, 5.41) is 3.34. The molecule has 1 saturated carbocycles. The van der Waals surface area contributed by atoms with Crippen molar-refractivity contribution in [3.8, 4) is 0 Å². The van der Waals surface area contributed by atoms with Crippen LogP contribution in [0.25, 0.3) is 0 Å². The third kappa shape index (κ3) is 2.45. The van der Waals surface area contributed by atoms with Crippen LogP contribution in [0.15, 0.2) is 30.7 Å². The average molecular weight is 241 g/mol. The Morgan fingerprint density at radius 1 is 1.17 bits per heavy atom. The van der Waals surface area contributed by atoms with Gasteiger partial charge in [-0.3, -0.25) is 0 Å². The quantitative estimate of drug-likeness (QED) is 0.888. The Labute approximate surface area is 106 Å². The Kier molecular flexibility index (Phi) is 2.88. The molecule has 0 aromatic carbocycles. The second kappa shape index (κ2) is 4.68. The third-order valence-electron chi connectivity index (χ3n) is 3.04. The standard InChI is InChI=1S/C13H15N5/c1-9-5-8-14-12(17-9)11(10-3-4-10)18-13-15-6-2-7-16-13/h2,5-8,10-11H,3-4H2,1H3,(H,15,16,18). The first-order chi connectivity index (χ1) is 8.83. The van der Waals surface area contributed by atoms with Gasteiger partial charge in [-0.25, -0.2) is 19.9 Å². The molecule has 2 heterocycles. The van der Waals surface area contributed by atoms with Crippen LogP contribution >= 0.6 is 0 Å². The van der Waals surface area contributed by atoms with Crippen molar-refractivity contribution in [3.63, 3.8) is 0 Å². The van der Waals surface area contributed by atoms with E-state index in [1.54, 1.807) is 24.7 Å². The van der Waals surface area contributed by atoms with E-state index in [-0.39, 0.29) is 6.04 Å². The number of hydrogen-bond donors (Lipinski definition) is 1. The van der Waals surface area contributed by atoms with E-state index in [1.807, 2.05) is 13.0 Å². The van der Waals surface area contributed by atoms with Crippen LogP contribution < -0.4 is 5.32 Å². The summed E-state index contributed by atoms with van der Waals surface area (Å²) >= 11 is 0. The first kappa shape index (κ1) is 11.1. The lowest BCUT2D eigenvalue weighted by Gasteiger charge is -2.16. The van der Waals surface area contributed by atoms with Gasteiger partial charge < -0.3 is 5.32 Å². The number of hydrogen-bond acceptors (Lipinski definition) is 5. The van der Waals surface area contributed by atoms with Gasteiger partial charge in [0.15, 0.2) is 5.82 Å². The van der Waals surface area contributed by atoms with E-state index in [2.05, 4.69) is 25.3 Å². The van der Waals surface area contributed by atoms with Crippen LogP contribution in [0.4, 0.5) is 5.95 Å². The lowest BCUT2D eigenvalue weighted by atomic mass is 10.1. The molecular weight excluding hydrogens is 226 g/mol. The average Bonchev–Trinajstić information content (AvgIpc) is 3.21. The maximum absolute atomic E-state index is 4.50. The van der Waals surface area contributed by atoms with Gasteiger partial charge in [0, 0.05) is 24.3 Å². The second-order valence-electron chi connectivity index (χ2n) is 4.59. The van der Waals surface area contributed by atoms with Crippen molar-refractivity contribution in [2.75, 3.05) is 5.32 Å². The van der Waals surface area contributed by atoms with E-state index >= 15 is 0 Å². The van der Waals surface area contributed by atoms with Gasteiger partial charge in [0.05, 0.1) is 6.04 Å². The topological polar surface area (TPSA) is 63.6 Å². The number of nitrogens with zero attached hydrogens (tertiary/aromatic N) is 4. The van der Waals surface area contributed by atoms with Gasteiger partial charge in [0.2, 0.25) is 5.95 Å². The van der Waals surface area contributed by atoms with Gasteiger partial charge >= 0.3 is 0 Å². The lowest BCUT2D eigenvalue weighted by molar-refractivity contribution is 0.625. The fraction of sp³-hybridized carbons (Fsp3) is 0.385. The number of rotatable bonds is 4. The molecule has 0 amide bonds. The Bertz CT molecular complexity index is 524. The molecule has 2 aromatic heterocycles. The molecule has 1 unspecified atom stereocenters. The Hall–Kier alpha value is -2.04. The number of aryl methyl sites for hydroxylation is 1. The summed E-state index contributed by atoms with van der Waals surface area (Å²) in [6, 6.07) is 3.83. The molecule has 5 nitrogen and oxygen atoms in total. The molecule has 1 atom stereocenters. The number of nitrogens with one attached hydrogen (secondary N) is 1. The van der Waals surface area contributed by atoms with Crippen molar-refractivity contribution in [1.82, 2.24) is 19.9 Å². The van der Waals surface area contributed by atoms with Gasteiger partial charge in [0.25, 0.3) is 0 Å². The van der Waals surface area contributed by atoms with Gasteiger partial charge in [0.1, 0.15) is 0 Å². The first-order valence-corrected chi connectivity index (χ1v) is 6.16. The molecule has 18 heavy (non-hydrogen) atoms. The van der Waals surface area contributed by atoms with E-state index in [4.69, 9.17) is 0 Å². The maximum atomic E-state index is 4.50. The normalized spacial score (nSPS) is 16.3. The molecule has 5 heteroatoms. The molecule has 0 spiro atoms. The Morgan fingerprint density at radius 2 is 1.94 bits per heavy atom. The molecule has 0 radical (unpaired) electrons. The third-order valence-corrected chi connectivity index (χ3v) is 3.04. The number of anilines is 1. The minimum absolute atomic E-state index is 0.118. The monoisotopic (exact) mass is 241 g/mol. The van der Waals surface area contributed by atoms with Gasteiger partial charge in [-0.05, 0) is 37.8 Å². The predicted octanol–water partition coefficient (Wildman–Crippen LogP) is 2.14. The van der Waals surface area contributed by atoms with Crippen molar-refractivity contribution < 1.29 is 0 Å². The maximum Gasteiger partial charge on any atom is 0.223 e. The van der Waals surface area contributed by atoms with Gasteiger partial charge in [-0.15, -0.1) is 0 Å². The van der Waals surface area contributed by atoms with E-state index in [0.717, 1.165) is 11.5 Å². The highest BCUT2D eigenvalue weighted by Crippen LogP contribution is 2.41. The second-order valence-corrected chi connectivity index (χ2v) is 4.59. The Morgan fingerprint density at radius 3 is 2.61 bits per heavy atom. The van der Waals surface area contributed by atoms with Crippen molar-refractivity contribution in [1.29, 1.82) is 0 Å². The largest absolute Gasteiger partial charge is 0.344 e. The van der Waals surface area contributed by atoms with Crippen LogP contribution in [0.2, 0.25) is 0 Å². The zero-order chi connectivity index (χ0) is 12.4. The SMILES string of the molecule is Cc1ccnc(C(Nc2ncccn2)C2CC2)n1. The molecule has 3 rings (SSSR count). The van der Waals surface area contributed by atoms with Crippen LogP contribution in [0.1, 0.15) is 30.4 Å². The van der Waals surface area contributed by atoms with E-state index in [0.29, 0.717) is 11.9 Å². The molecule has 1 fully saturated rings. The zero-order valence-electron chi connectivity index (χ0n) is 10.2. The van der Waals surface area contributed by atoms with Crippen LogP contribution in [0.3, 0.4) is 0 Å². The van der Waals surface area contributed by atoms with E-state index in [9.17, 15) is 0 Å². The summed E-state index contributed by atoms with van der Waals surface area (Å²) in [6.45, 7) is 1.98. The van der Waals surface area contributed by atoms with Crippen molar-refractivity contribution in [2.24, 2.45) is 5.92 Å². The van der Waals surface area contributed by atoms with E-state index in [1.165, 1.54) is 12.8 Å². The van der Waals surface area contributed by atoms with Gasteiger partial charge in [-0.1, -0.05) is 0 Å². The summed E-state index contributed by atoms with van der Waals surface area (Å²) in [4.78, 5) is 17.3. The summed E-state index contributed by atoms with van der Waals surface area (Å²) < 4.78 is 0. The summed E-state index contributed by atoms with van der Waals surface area (Å²) in [5.74, 6) is 2.07. The predicted molar refractivity (Wildman–Crippen MR) is 67.9 cm³/mol. The molecule has 1 aliphatic rings. The molecule has 1 aliphatic carbocycles. The minimum Gasteiger partial charge on any atom is -0.344 e. The van der Waals surface area contributed by atoms with Crippen molar-refractivity contribution in [3.05, 3.63) is 42.2 Å². The highest BCUT2D eigenvalue weighted by Gasteiger charge is 2.34. The molecule has 92 valence electrons. The highest BCUT2D eigenvalue weighted by atomic mass is 15.1. The van der Waals surface area contributed by atoms with Crippen molar-refractivity contribution in [2.45, 2.75) is 25.8 Å². The molecule has 0 aliphatic heterocycles. The fourth-order valence-corrected chi connectivity index (χ4v) is 1.95. The molecule has 0 saturated heterocycles. The van der Waals surface area contributed by atoms with E-state index < -0.39 is 0 Å².